The maximum atomic E-state index is 12.3. The summed E-state index contributed by atoms with van der Waals surface area (Å²) >= 11 is 0. The molecule has 0 saturated carbocycles. The Balaban J connectivity index is 3.47. The number of carbonyl (C=O) groups is 2. The maximum absolute atomic E-state index is 12.3. The number of hydrogen-bond acceptors (Lipinski definition) is 5. The molecule has 0 fully saturated rings. The van der Waals surface area contributed by atoms with Crippen LogP contribution in [0.1, 0.15) is 296 Å². The number of unbranched alkanes of at least 4 members (excludes halogenated alkanes) is 30. The normalized spacial score (nSPS) is 13.0. The van der Waals surface area contributed by atoms with Gasteiger partial charge < -0.3 is 14.6 Å². The van der Waals surface area contributed by atoms with E-state index in [1.54, 1.807) is 0 Å². The molecule has 76 heavy (non-hydrogen) atoms. The van der Waals surface area contributed by atoms with Crippen molar-refractivity contribution in [3.05, 3.63) is 122 Å². The molecule has 0 aromatic heterocycles. The number of carbonyl (C=O) groups excluding carboxylic acids is 2. The highest BCUT2D eigenvalue weighted by Gasteiger charge is 2.16. The fraction of sp³-hybridized carbons (Fsp3) is 0.690. The van der Waals surface area contributed by atoms with E-state index < -0.39 is 6.10 Å². The second-order valence-corrected chi connectivity index (χ2v) is 21.1. The topological polar surface area (TPSA) is 72.8 Å². The van der Waals surface area contributed by atoms with Gasteiger partial charge in [-0.05, 0) is 103 Å². The number of hydrogen-bond donors (Lipinski definition) is 1. The van der Waals surface area contributed by atoms with Crippen molar-refractivity contribution in [3.8, 4) is 0 Å². The molecule has 434 valence electrons. The van der Waals surface area contributed by atoms with Crippen LogP contribution in [0.25, 0.3) is 0 Å². The first-order valence-corrected chi connectivity index (χ1v) is 32.1. The molecule has 1 unspecified atom stereocenters. The van der Waals surface area contributed by atoms with Gasteiger partial charge in [-0.15, -0.1) is 0 Å². The monoisotopic (exact) mass is 1050 g/mol. The van der Waals surface area contributed by atoms with Crippen LogP contribution in [-0.4, -0.2) is 36.4 Å². The van der Waals surface area contributed by atoms with Crippen molar-refractivity contribution in [1.29, 1.82) is 0 Å². The highest BCUT2D eigenvalue weighted by molar-refractivity contribution is 5.70. The summed E-state index contributed by atoms with van der Waals surface area (Å²) in [6.07, 6.45) is 96.3. The zero-order chi connectivity index (χ0) is 54.8. The summed E-state index contributed by atoms with van der Waals surface area (Å²) in [5, 5.41) is 9.69. The van der Waals surface area contributed by atoms with Gasteiger partial charge in [0.25, 0.3) is 0 Å². The Morgan fingerprint density at radius 2 is 0.526 bits per heavy atom. The van der Waals surface area contributed by atoms with E-state index >= 15 is 0 Å². The molecular weight excluding hydrogens is 933 g/mol. The number of aliphatic hydroxyl groups excluding tert-OH is 1. The van der Waals surface area contributed by atoms with Crippen LogP contribution in [0.5, 0.6) is 0 Å². The van der Waals surface area contributed by atoms with Crippen LogP contribution in [0.2, 0.25) is 0 Å². The maximum Gasteiger partial charge on any atom is 0.306 e. The Kier molecular flexibility index (Phi) is 62.4. The molecule has 0 spiro atoms. The number of ether oxygens (including phenoxy) is 2. The van der Waals surface area contributed by atoms with Gasteiger partial charge in [0, 0.05) is 12.8 Å². The van der Waals surface area contributed by atoms with Gasteiger partial charge >= 0.3 is 11.9 Å². The van der Waals surface area contributed by atoms with Crippen molar-refractivity contribution in [1.82, 2.24) is 0 Å². The van der Waals surface area contributed by atoms with Crippen LogP contribution in [-0.2, 0) is 19.1 Å². The number of esters is 2. The molecule has 0 bridgehead atoms. The summed E-state index contributed by atoms with van der Waals surface area (Å²) in [6.45, 7) is 3.93. The van der Waals surface area contributed by atoms with E-state index in [9.17, 15) is 14.7 Å². The van der Waals surface area contributed by atoms with Crippen molar-refractivity contribution in [2.45, 2.75) is 302 Å². The fourth-order valence-corrected chi connectivity index (χ4v) is 9.02. The first-order chi connectivity index (χ1) is 37.6. The zero-order valence-electron chi connectivity index (χ0n) is 49.7. The van der Waals surface area contributed by atoms with Gasteiger partial charge in [-0.2, -0.15) is 0 Å². The predicted molar refractivity (Wildman–Crippen MR) is 334 cm³/mol. The van der Waals surface area contributed by atoms with E-state index in [0.717, 1.165) is 103 Å². The van der Waals surface area contributed by atoms with Gasteiger partial charge in [0.15, 0.2) is 6.10 Å². The van der Waals surface area contributed by atoms with Crippen molar-refractivity contribution >= 4 is 11.9 Å². The Labute approximate surface area is 471 Å². The molecule has 1 atom stereocenters. The number of rotatable bonds is 58. The van der Waals surface area contributed by atoms with Crippen molar-refractivity contribution in [3.63, 3.8) is 0 Å². The minimum Gasteiger partial charge on any atom is -0.462 e. The predicted octanol–water partition coefficient (Wildman–Crippen LogP) is 22.2. The third-order valence-corrected chi connectivity index (χ3v) is 13.8. The van der Waals surface area contributed by atoms with Gasteiger partial charge in [0.1, 0.15) is 6.61 Å². The molecule has 5 heteroatoms. The Morgan fingerprint density at radius 3 is 0.789 bits per heavy atom. The molecule has 1 N–H and O–H groups in total. The van der Waals surface area contributed by atoms with Crippen molar-refractivity contribution < 1.29 is 24.2 Å². The Bertz CT molecular complexity index is 1520. The molecule has 0 aliphatic carbocycles. The summed E-state index contributed by atoms with van der Waals surface area (Å²) in [5.41, 5.74) is 0. The highest BCUT2D eigenvalue weighted by Crippen LogP contribution is 2.17. The number of allylic oxidation sites excluding steroid dienone is 20. The number of aliphatic hydroxyl groups is 1. The lowest BCUT2D eigenvalue weighted by Crippen LogP contribution is -2.28. The summed E-state index contributed by atoms with van der Waals surface area (Å²) < 4.78 is 10.7. The smallest absolute Gasteiger partial charge is 0.306 e. The van der Waals surface area contributed by atoms with E-state index in [4.69, 9.17) is 9.47 Å². The lowest BCUT2D eigenvalue weighted by molar-refractivity contribution is -0.161. The van der Waals surface area contributed by atoms with Gasteiger partial charge in [-0.25, -0.2) is 0 Å². The lowest BCUT2D eigenvalue weighted by atomic mass is 10.0. The molecule has 0 heterocycles. The average Bonchev–Trinajstić information content (AvgIpc) is 3.42. The Hall–Kier alpha value is -3.70. The Morgan fingerprint density at radius 1 is 0.303 bits per heavy atom. The van der Waals surface area contributed by atoms with Gasteiger partial charge in [0.2, 0.25) is 0 Å². The first-order valence-electron chi connectivity index (χ1n) is 32.1. The lowest BCUT2D eigenvalue weighted by Gasteiger charge is -2.15. The van der Waals surface area contributed by atoms with Crippen LogP contribution >= 0.6 is 0 Å². The highest BCUT2D eigenvalue weighted by atomic mass is 16.6. The van der Waals surface area contributed by atoms with Crippen molar-refractivity contribution in [2.24, 2.45) is 0 Å². The quantitative estimate of drug-likeness (QED) is 0.0373. The van der Waals surface area contributed by atoms with Gasteiger partial charge in [-0.1, -0.05) is 302 Å². The van der Waals surface area contributed by atoms with Crippen LogP contribution < -0.4 is 0 Å². The van der Waals surface area contributed by atoms with E-state index in [1.165, 1.54) is 167 Å². The molecule has 0 radical (unpaired) electrons. The second kappa shape index (κ2) is 65.6. The molecular formula is C71H120O5. The largest absolute Gasteiger partial charge is 0.462 e. The summed E-state index contributed by atoms with van der Waals surface area (Å²) in [4.78, 5) is 24.6. The standard InChI is InChI=1S/C71H120O5/c1-3-5-7-9-11-13-15-17-19-21-23-25-27-29-30-31-32-33-34-35-36-37-38-39-40-42-44-46-48-50-52-54-56-58-60-62-64-66-71(74)76-69(67-72)68-75-70(73)65-63-61-59-57-55-53-51-49-47-45-43-41-28-26-24-22-20-18-16-14-12-10-8-6-4-2/h5-8,11-14,17-20,23-26,29-30,32-33,69,72H,3-4,9-10,15-16,21-22,27-28,31,34-68H2,1-2H3/b7-5-,8-6-,13-11-,14-12-,19-17-,20-18-,25-23-,26-24-,30-29-,33-32-. The molecule has 0 saturated heterocycles. The summed E-state index contributed by atoms with van der Waals surface area (Å²) in [7, 11) is 0. The summed E-state index contributed by atoms with van der Waals surface area (Å²) in [6, 6.07) is 0. The van der Waals surface area contributed by atoms with Crippen LogP contribution in [0.4, 0.5) is 0 Å². The van der Waals surface area contributed by atoms with Gasteiger partial charge in [-0.3, -0.25) is 9.59 Å². The van der Waals surface area contributed by atoms with E-state index in [0.29, 0.717) is 12.8 Å². The molecule has 0 amide bonds. The van der Waals surface area contributed by atoms with Crippen LogP contribution in [0.3, 0.4) is 0 Å². The minimum absolute atomic E-state index is 0.0693. The summed E-state index contributed by atoms with van der Waals surface area (Å²) in [5.74, 6) is -0.587. The average molecular weight is 1050 g/mol. The van der Waals surface area contributed by atoms with E-state index in [2.05, 4.69) is 135 Å². The molecule has 0 aliphatic rings. The molecule has 0 rings (SSSR count). The van der Waals surface area contributed by atoms with Gasteiger partial charge in [0.05, 0.1) is 6.61 Å². The minimum atomic E-state index is -0.779. The molecule has 0 aromatic carbocycles. The van der Waals surface area contributed by atoms with Crippen LogP contribution in [0.15, 0.2) is 122 Å². The fourth-order valence-electron chi connectivity index (χ4n) is 9.02. The van der Waals surface area contributed by atoms with E-state index in [-0.39, 0.29) is 25.2 Å². The first kappa shape index (κ1) is 72.3. The third-order valence-electron chi connectivity index (χ3n) is 13.8. The molecule has 5 nitrogen and oxygen atoms in total. The third kappa shape index (κ3) is 62.8. The van der Waals surface area contributed by atoms with E-state index in [1.807, 2.05) is 0 Å². The van der Waals surface area contributed by atoms with Crippen molar-refractivity contribution in [2.75, 3.05) is 13.2 Å². The second-order valence-electron chi connectivity index (χ2n) is 21.1. The SMILES string of the molecule is CC/C=C\C/C=C\C/C=C\C/C=C\C/C=C\C/C=C\CCCCCCCCCCCCCCCCCCCCC(=O)OC(CO)COC(=O)CCCCCCCCCCCCCC/C=C\C/C=C\C/C=C\C/C=C\CC. The zero-order valence-corrected chi connectivity index (χ0v) is 49.7. The molecule has 0 aromatic rings. The van der Waals surface area contributed by atoms with Crippen LogP contribution in [0, 0.1) is 0 Å². The molecule has 0 aliphatic heterocycles.